The van der Waals surface area contributed by atoms with E-state index in [1.807, 2.05) is 18.3 Å². The highest BCUT2D eigenvalue weighted by atomic mass is 16.5. The number of fused-ring (bicyclic) bond motifs is 1. The normalized spacial score (nSPS) is 16.0. The minimum atomic E-state index is -0.225. The summed E-state index contributed by atoms with van der Waals surface area (Å²) in [6.07, 6.45) is 12.5. The highest BCUT2D eigenvalue weighted by Crippen LogP contribution is 2.29. The van der Waals surface area contributed by atoms with Crippen LogP contribution >= 0.6 is 0 Å². The lowest BCUT2D eigenvalue weighted by molar-refractivity contribution is -0.134. The number of hydrogen-bond acceptors (Lipinski definition) is 4. The zero-order valence-corrected chi connectivity index (χ0v) is 16.5. The lowest BCUT2D eigenvalue weighted by atomic mass is 9.84. The first kappa shape index (κ1) is 19.5. The van der Waals surface area contributed by atoms with Gasteiger partial charge in [0, 0.05) is 23.9 Å². The average Bonchev–Trinajstić information content (AvgIpc) is 2.71. The molecule has 1 aliphatic rings. The van der Waals surface area contributed by atoms with Gasteiger partial charge >= 0.3 is 5.97 Å². The standard InChI is InChI=1S/C23H30N2O2/c1-3-5-6-7-8-17-9-14-21-19(15-17)16-24-23(25-21)18-10-12-20(13-11-18)27-22(26)4-2/h10-13,16-17H,3-9,14-15H2,1-2H3. The fraction of sp³-hybridized carbons (Fsp3) is 0.522. The summed E-state index contributed by atoms with van der Waals surface area (Å²) in [7, 11) is 0. The summed E-state index contributed by atoms with van der Waals surface area (Å²) >= 11 is 0. The smallest absolute Gasteiger partial charge is 0.310 e. The van der Waals surface area contributed by atoms with Gasteiger partial charge in [-0.3, -0.25) is 4.79 Å². The van der Waals surface area contributed by atoms with Crippen molar-refractivity contribution in [1.82, 2.24) is 9.97 Å². The van der Waals surface area contributed by atoms with Crippen molar-refractivity contribution in [3.8, 4) is 17.1 Å². The summed E-state index contributed by atoms with van der Waals surface area (Å²) in [5.74, 6) is 1.88. The van der Waals surface area contributed by atoms with E-state index in [0.717, 1.165) is 30.1 Å². The van der Waals surface area contributed by atoms with Crippen LogP contribution in [0.25, 0.3) is 11.4 Å². The Hall–Kier alpha value is -2.23. The first-order valence-electron chi connectivity index (χ1n) is 10.4. The second-order valence-corrected chi connectivity index (χ2v) is 7.48. The molecule has 1 heterocycles. The molecule has 4 heteroatoms. The van der Waals surface area contributed by atoms with Gasteiger partial charge in [0.15, 0.2) is 5.82 Å². The number of carbonyl (C=O) groups is 1. The minimum absolute atomic E-state index is 0.225. The maximum Gasteiger partial charge on any atom is 0.310 e. The van der Waals surface area contributed by atoms with Crippen LogP contribution in [0.3, 0.4) is 0 Å². The summed E-state index contributed by atoms with van der Waals surface area (Å²) < 4.78 is 5.22. The van der Waals surface area contributed by atoms with E-state index in [0.29, 0.717) is 12.2 Å². The van der Waals surface area contributed by atoms with Crippen LogP contribution in [0, 0.1) is 5.92 Å². The predicted octanol–water partition coefficient (Wildman–Crippen LogP) is 5.53. The first-order valence-corrected chi connectivity index (χ1v) is 10.4. The summed E-state index contributed by atoms with van der Waals surface area (Å²) in [6.45, 7) is 4.05. The zero-order valence-electron chi connectivity index (χ0n) is 16.5. The Labute approximate surface area is 162 Å². The third-order valence-corrected chi connectivity index (χ3v) is 5.35. The maximum atomic E-state index is 11.4. The van der Waals surface area contributed by atoms with Crippen LogP contribution in [0.1, 0.15) is 70.1 Å². The fourth-order valence-corrected chi connectivity index (χ4v) is 3.70. The molecule has 27 heavy (non-hydrogen) atoms. The van der Waals surface area contributed by atoms with Crippen LogP contribution < -0.4 is 4.74 Å². The number of unbranched alkanes of at least 4 members (excludes halogenated alkanes) is 3. The molecule has 0 aliphatic heterocycles. The third-order valence-electron chi connectivity index (χ3n) is 5.35. The van der Waals surface area contributed by atoms with Crippen molar-refractivity contribution in [1.29, 1.82) is 0 Å². The van der Waals surface area contributed by atoms with Crippen molar-refractivity contribution in [2.45, 2.75) is 71.6 Å². The quantitative estimate of drug-likeness (QED) is 0.350. The number of aryl methyl sites for hydroxylation is 1. The summed E-state index contributed by atoms with van der Waals surface area (Å²) in [5.41, 5.74) is 3.47. The van der Waals surface area contributed by atoms with Gasteiger partial charge in [0.05, 0.1) is 0 Å². The number of esters is 1. The van der Waals surface area contributed by atoms with Crippen LogP contribution in [0.15, 0.2) is 30.5 Å². The van der Waals surface area contributed by atoms with Gasteiger partial charge in [0.1, 0.15) is 5.75 Å². The zero-order chi connectivity index (χ0) is 19.1. The van der Waals surface area contributed by atoms with Crippen LogP contribution in [0.2, 0.25) is 0 Å². The minimum Gasteiger partial charge on any atom is -0.427 e. The van der Waals surface area contributed by atoms with Gasteiger partial charge in [-0.25, -0.2) is 9.97 Å². The summed E-state index contributed by atoms with van der Waals surface area (Å²) in [5, 5.41) is 0. The molecule has 1 aromatic heterocycles. The molecule has 1 atom stereocenters. The average molecular weight is 367 g/mol. The van der Waals surface area contributed by atoms with Gasteiger partial charge in [-0.05, 0) is 55.0 Å². The van der Waals surface area contributed by atoms with E-state index in [4.69, 9.17) is 9.72 Å². The van der Waals surface area contributed by atoms with Crippen molar-refractivity contribution < 1.29 is 9.53 Å². The molecule has 0 fully saturated rings. The number of benzene rings is 1. The third kappa shape index (κ3) is 5.38. The van der Waals surface area contributed by atoms with E-state index in [2.05, 4.69) is 11.9 Å². The largest absolute Gasteiger partial charge is 0.427 e. The number of hydrogen-bond donors (Lipinski definition) is 0. The van der Waals surface area contributed by atoms with Crippen molar-refractivity contribution >= 4 is 5.97 Å². The predicted molar refractivity (Wildman–Crippen MR) is 108 cm³/mol. The van der Waals surface area contributed by atoms with Crippen LogP contribution in [0.4, 0.5) is 0 Å². The molecule has 2 aromatic rings. The van der Waals surface area contributed by atoms with Gasteiger partial charge in [0.2, 0.25) is 0 Å². The number of ether oxygens (including phenoxy) is 1. The molecule has 144 valence electrons. The molecule has 0 saturated carbocycles. The summed E-state index contributed by atoms with van der Waals surface area (Å²) in [6, 6.07) is 7.44. The Morgan fingerprint density at radius 2 is 1.96 bits per heavy atom. The van der Waals surface area contributed by atoms with Gasteiger partial charge in [-0.15, -0.1) is 0 Å². The fourth-order valence-electron chi connectivity index (χ4n) is 3.70. The molecule has 1 unspecified atom stereocenters. The van der Waals surface area contributed by atoms with E-state index in [9.17, 15) is 4.79 Å². The Kier molecular flexibility index (Phi) is 6.97. The van der Waals surface area contributed by atoms with Crippen molar-refractivity contribution in [3.63, 3.8) is 0 Å². The van der Waals surface area contributed by atoms with E-state index in [-0.39, 0.29) is 5.97 Å². The molecule has 1 aliphatic carbocycles. The lowest BCUT2D eigenvalue weighted by Crippen LogP contribution is -2.16. The Balaban J connectivity index is 1.62. The van der Waals surface area contributed by atoms with Gasteiger partial charge in [0.25, 0.3) is 0 Å². The topological polar surface area (TPSA) is 52.1 Å². The highest BCUT2D eigenvalue weighted by molar-refractivity contribution is 5.72. The summed E-state index contributed by atoms with van der Waals surface area (Å²) in [4.78, 5) is 20.8. The molecular weight excluding hydrogens is 336 g/mol. The highest BCUT2D eigenvalue weighted by Gasteiger charge is 2.20. The number of aromatic nitrogens is 2. The molecule has 1 aromatic carbocycles. The Morgan fingerprint density at radius 3 is 2.70 bits per heavy atom. The van der Waals surface area contributed by atoms with E-state index < -0.39 is 0 Å². The number of rotatable bonds is 8. The van der Waals surface area contributed by atoms with Crippen LogP contribution in [-0.2, 0) is 17.6 Å². The second-order valence-electron chi connectivity index (χ2n) is 7.48. The van der Waals surface area contributed by atoms with Crippen molar-refractivity contribution in [2.24, 2.45) is 5.92 Å². The lowest BCUT2D eigenvalue weighted by Gasteiger charge is -2.24. The monoisotopic (exact) mass is 366 g/mol. The molecule has 4 nitrogen and oxygen atoms in total. The Morgan fingerprint density at radius 1 is 1.15 bits per heavy atom. The molecular formula is C23H30N2O2. The molecule has 3 rings (SSSR count). The van der Waals surface area contributed by atoms with Crippen LogP contribution in [-0.4, -0.2) is 15.9 Å². The Bertz CT molecular complexity index is 755. The number of nitrogens with zero attached hydrogens (tertiary/aromatic N) is 2. The molecule has 0 bridgehead atoms. The maximum absolute atomic E-state index is 11.4. The molecule has 0 N–H and O–H groups in total. The van der Waals surface area contributed by atoms with E-state index >= 15 is 0 Å². The van der Waals surface area contributed by atoms with E-state index in [1.54, 1.807) is 19.1 Å². The molecule has 0 saturated heterocycles. The van der Waals surface area contributed by atoms with Crippen molar-refractivity contribution in [2.75, 3.05) is 0 Å². The molecule has 0 spiro atoms. The second kappa shape index (κ2) is 9.63. The van der Waals surface area contributed by atoms with E-state index in [1.165, 1.54) is 49.8 Å². The molecule has 0 amide bonds. The van der Waals surface area contributed by atoms with Crippen LogP contribution in [0.5, 0.6) is 5.75 Å². The van der Waals surface area contributed by atoms with Gasteiger partial charge < -0.3 is 4.74 Å². The SMILES string of the molecule is CCCCCCC1CCc2nc(-c3ccc(OC(=O)CC)cc3)ncc2C1. The molecule has 0 radical (unpaired) electrons. The first-order chi connectivity index (χ1) is 13.2. The number of carbonyl (C=O) groups excluding carboxylic acids is 1. The van der Waals surface area contributed by atoms with Gasteiger partial charge in [-0.2, -0.15) is 0 Å². The van der Waals surface area contributed by atoms with Crippen molar-refractivity contribution in [3.05, 3.63) is 41.7 Å². The van der Waals surface area contributed by atoms with Gasteiger partial charge in [-0.1, -0.05) is 46.0 Å².